The molecule has 0 aliphatic carbocycles. The number of thiocarbonyl (C=S) groups is 2. The van der Waals surface area contributed by atoms with Gasteiger partial charge in [-0.2, -0.15) is 0 Å². The summed E-state index contributed by atoms with van der Waals surface area (Å²) in [6.07, 6.45) is -12.9. The molecular weight excluding hydrogens is 759 g/mol. The van der Waals surface area contributed by atoms with Crippen molar-refractivity contribution < 1.29 is 83.0 Å². The first-order valence-corrected chi connectivity index (χ1v) is 18.7. The number of aliphatic hydroxyl groups excluding tert-OH is 7. The van der Waals surface area contributed by atoms with E-state index in [0.717, 1.165) is 6.42 Å². The second kappa shape index (κ2) is 20.8. The van der Waals surface area contributed by atoms with Gasteiger partial charge < -0.3 is 79.5 Å². The van der Waals surface area contributed by atoms with Gasteiger partial charge >= 0.3 is 11.8 Å². The largest absolute Gasteiger partial charge is 0.463 e. The number of hydrogen-bond acceptors (Lipinski definition) is 18. The molecule has 54 heavy (non-hydrogen) atoms. The number of nitrogens with one attached hydrogen (secondary N) is 2. The zero-order valence-corrected chi connectivity index (χ0v) is 32.2. The molecule has 4 rings (SSSR count). The van der Waals surface area contributed by atoms with Crippen molar-refractivity contribution in [3.05, 3.63) is 11.8 Å². The van der Waals surface area contributed by atoms with Crippen molar-refractivity contribution in [3.63, 3.8) is 0 Å². The summed E-state index contributed by atoms with van der Waals surface area (Å²) in [7, 11) is 0. The minimum atomic E-state index is -1.53. The van der Waals surface area contributed by atoms with E-state index in [4.69, 9.17) is 62.1 Å². The van der Waals surface area contributed by atoms with Gasteiger partial charge in [-0.1, -0.05) is 38.3 Å². The molecule has 3 aliphatic rings. The van der Waals surface area contributed by atoms with Crippen molar-refractivity contribution in [3.8, 4) is 5.88 Å². The van der Waals surface area contributed by atoms with Crippen LogP contribution in [0.4, 0.5) is 0 Å². The summed E-state index contributed by atoms with van der Waals surface area (Å²) in [4.78, 5) is 13.1. The molecule has 0 radical (unpaired) electrons. The Morgan fingerprint density at radius 3 is 2.13 bits per heavy atom. The van der Waals surface area contributed by atoms with Crippen molar-refractivity contribution in [1.82, 2.24) is 10.6 Å². The van der Waals surface area contributed by atoms with Crippen LogP contribution in [0.1, 0.15) is 64.7 Å². The maximum absolute atomic E-state index is 12.6. The van der Waals surface area contributed by atoms with Crippen LogP contribution in [0.5, 0.6) is 5.88 Å². The second-order valence-electron chi connectivity index (χ2n) is 13.3. The third kappa shape index (κ3) is 10.8. The third-order valence-corrected chi connectivity index (χ3v) is 9.50. The van der Waals surface area contributed by atoms with Crippen LogP contribution in [0.2, 0.25) is 0 Å². The van der Waals surface area contributed by atoms with Crippen molar-refractivity contribution >= 4 is 40.4 Å². The smallest absolute Gasteiger partial charge is 0.421 e. The number of esters is 1. The van der Waals surface area contributed by atoms with Gasteiger partial charge in [0.15, 0.2) is 24.9 Å². The Bertz CT molecular complexity index is 1380. The van der Waals surface area contributed by atoms with Gasteiger partial charge in [0.05, 0.1) is 36.4 Å². The number of fused-ring (bicyclic) bond motifs is 1. The number of carbonyl (C=O) groups is 1. The first-order valence-electron chi connectivity index (χ1n) is 17.9. The Kier molecular flexibility index (Phi) is 17.1. The molecule has 0 spiro atoms. The summed E-state index contributed by atoms with van der Waals surface area (Å²) in [5, 5.41) is 80.8. The molecule has 4 heterocycles. The van der Waals surface area contributed by atoms with Gasteiger partial charge in [-0.15, -0.1) is 0 Å². The number of rotatable bonds is 18. The fraction of sp³-hybridized carbons (Fsp3) is 0.818. The van der Waals surface area contributed by atoms with Crippen LogP contribution in [-0.2, 0) is 33.2 Å². The molecule has 1 aromatic heterocycles. The van der Waals surface area contributed by atoms with Crippen molar-refractivity contribution in [1.29, 1.82) is 0 Å². The Morgan fingerprint density at radius 1 is 0.870 bits per heavy atom. The molecular formula is C33H54N3O16S2+. The molecule has 1 aromatic rings. The topological polar surface area (TPSA) is 264 Å². The highest BCUT2D eigenvalue weighted by molar-refractivity contribution is 7.80. The predicted molar refractivity (Wildman–Crippen MR) is 191 cm³/mol. The summed E-state index contributed by atoms with van der Waals surface area (Å²) in [6.45, 7) is 6.03. The van der Waals surface area contributed by atoms with Crippen molar-refractivity contribution in [2.45, 2.75) is 133 Å². The lowest BCUT2D eigenvalue weighted by Gasteiger charge is -2.48. The van der Waals surface area contributed by atoms with E-state index in [-0.39, 0.29) is 41.1 Å². The predicted octanol–water partition coefficient (Wildman–Crippen LogP) is -2.44. The number of carbonyl (C=O) groups excluding carboxylic acids is 1. The Balaban J connectivity index is 1.48. The van der Waals surface area contributed by atoms with Crippen molar-refractivity contribution in [2.75, 3.05) is 39.6 Å². The molecule has 14 atom stereocenters. The Labute approximate surface area is 323 Å². The van der Waals surface area contributed by atoms with Gasteiger partial charge in [0.25, 0.3) is 0 Å². The van der Waals surface area contributed by atoms with Crippen LogP contribution in [-0.4, -0.2) is 165 Å². The lowest BCUT2D eigenvalue weighted by atomic mass is 9.94. The molecule has 7 unspecified atom stereocenters. The molecule has 2 fully saturated rings. The van der Waals surface area contributed by atoms with Gasteiger partial charge in [-0.3, -0.25) is 4.79 Å². The van der Waals surface area contributed by atoms with Gasteiger partial charge in [0.2, 0.25) is 6.04 Å². The van der Waals surface area contributed by atoms with E-state index >= 15 is 0 Å². The fourth-order valence-corrected chi connectivity index (χ4v) is 6.71. The van der Waals surface area contributed by atoms with Gasteiger partial charge in [0, 0.05) is 17.8 Å². The lowest BCUT2D eigenvalue weighted by Crippen LogP contribution is -2.69. The average Bonchev–Trinajstić information content (AvgIpc) is 3.56. The summed E-state index contributed by atoms with van der Waals surface area (Å²) >= 11 is 10.4. The summed E-state index contributed by atoms with van der Waals surface area (Å²) in [6, 6.07) is -2.85. The monoisotopic (exact) mass is 812 g/mol. The standard InChI is InChI=1S/C33H53N3O16S2/c1-5-7-45-8-9-46-22(39)10-17(6-2)36-31-18(13-48-36)25(40)27(42)21(49-31)14-47-32-24(35-16(4)54)29(44)30(20(12-38)51-32)52-33-23(34-15(3)53)28(43)26(41)19(11-37)50-33/h13,17,19-21,23-30,32-33,37-38,40-44H,5-12,14H2,1-4H3,(H-,34,35,53,54)/p+1/t17?,19?,20?,21?,23?,24-,25-,26-,27-,28-,29?,30+,32?,33+/m1/s1. The number of nitrogens with zero attached hydrogens (tertiary/aromatic N) is 1. The number of aliphatic hydroxyl groups is 7. The van der Waals surface area contributed by atoms with E-state index in [1.807, 2.05) is 13.8 Å². The van der Waals surface area contributed by atoms with Crippen LogP contribution in [0, 0.1) is 0 Å². The zero-order valence-electron chi connectivity index (χ0n) is 30.6. The summed E-state index contributed by atoms with van der Waals surface area (Å²) in [5.74, 6) is -0.423. The maximum Gasteiger partial charge on any atom is 0.421 e. The molecule has 3 aliphatic heterocycles. The molecule has 0 aromatic carbocycles. The molecule has 2 saturated heterocycles. The van der Waals surface area contributed by atoms with E-state index < -0.39 is 111 Å². The lowest BCUT2D eigenvalue weighted by molar-refractivity contribution is -0.884. The highest BCUT2D eigenvalue weighted by Crippen LogP contribution is 2.36. The summed E-state index contributed by atoms with van der Waals surface area (Å²) < 4.78 is 47.6. The van der Waals surface area contributed by atoms with Crippen LogP contribution >= 0.6 is 24.4 Å². The molecule has 308 valence electrons. The molecule has 0 amide bonds. The van der Waals surface area contributed by atoms with Crippen LogP contribution < -0.4 is 20.1 Å². The van der Waals surface area contributed by atoms with Crippen molar-refractivity contribution in [2.24, 2.45) is 0 Å². The highest BCUT2D eigenvalue weighted by atomic mass is 32.1. The molecule has 21 heteroatoms. The quantitative estimate of drug-likeness (QED) is 0.0323. The van der Waals surface area contributed by atoms with Gasteiger partial charge in [0.1, 0.15) is 79.5 Å². The van der Waals surface area contributed by atoms with E-state index in [1.165, 1.54) is 17.9 Å². The highest BCUT2D eigenvalue weighted by Gasteiger charge is 2.53. The molecule has 19 nitrogen and oxygen atoms in total. The van der Waals surface area contributed by atoms with Gasteiger partial charge in [-0.05, 0) is 20.3 Å². The third-order valence-electron chi connectivity index (χ3n) is 9.26. The van der Waals surface area contributed by atoms with Crippen LogP contribution in [0.25, 0.3) is 0 Å². The maximum atomic E-state index is 12.6. The molecule has 0 bridgehead atoms. The minimum absolute atomic E-state index is 0.0683. The Hall–Kier alpha value is -2.22. The molecule has 9 N–H and O–H groups in total. The second-order valence-corrected chi connectivity index (χ2v) is 14.5. The SMILES string of the molecule is CCCOCCOC(=O)CC(CC)[n+]1occ2c1OC(COC1OC(CO)[C@H](O[C@@H]3OC(CO)[C@@H](O)[C@H](O)C3NC(C)=S)C(O)[C@H]1NC(C)=S)[C@@H](O)[C@@H]2O. The van der Waals surface area contributed by atoms with E-state index in [9.17, 15) is 40.5 Å². The normalized spacial score (nSPS) is 34.3. The number of aromatic nitrogens is 1. The Morgan fingerprint density at radius 2 is 1.52 bits per heavy atom. The van der Waals surface area contributed by atoms with E-state index in [0.29, 0.717) is 13.0 Å². The first-order chi connectivity index (χ1) is 25.8. The first kappa shape index (κ1) is 44.5. The molecule has 0 saturated carbocycles. The minimum Gasteiger partial charge on any atom is -0.463 e. The van der Waals surface area contributed by atoms with E-state index in [2.05, 4.69) is 10.6 Å². The van der Waals surface area contributed by atoms with Gasteiger partial charge in [-0.25, -0.2) is 4.52 Å². The van der Waals surface area contributed by atoms with E-state index in [1.54, 1.807) is 6.92 Å². The summed E-state index contributed by atoms with van der Waals surface area (Å²) in [5.41, 5.74) is 0.154. The number of ether oxygens (including phenoxy) is 7. The van der Waals surface area contributed by atoms with Crippen LogP contribution in [0.3, 0.4) is 0 Å². The fourth-order valence-electron chi connectivity index (χ4n) is 6.44. The zero-order chi connectivity index (χ0) is 39.7. The average molecular weight is 813 g/mol. The van der Waals surface area contributed by atoms with Crippen LogP contribution in [0.15, 0.2) is 10.8 Å². The number of hydrogen-bond donors (Lipinski definition) is 9.